The summed E-state index contributed by atoms with van der Waals surface area (Å²) < 4.78 is 26.8. The highest BCUT2D eigenvalue weighted by molar-refractivity contribution is 5.94. The van der Waals surface area contributed by atoms with Crippen molar-refractivity contribution < 1.29 is 18.4 Å². The SMILES string of the molecule is CC(=O)Nc1ccc(CN(CCCN)C(=O)c2cc(F)cc(F)c2)cc1. The summed E-state index contributed by atoms with van der Waals surface area (Å²) in [7, 11) is 0. The van der Waals surface area contributed by atoms with Gasteiger partial charge >= 0.3 is 0 Å². The molecule has 2 amide bonds. The zero-order valence-electron chi connectivity index (χ0n) is 14.5. The maximum absolute atomic E-state index is 13.4. The lowest BCUT2D eigenvalue weighted by Crippen LogP contribution is -2.32. The van der Waals surface area contributed by atoms with Gasteiger partial charge in [-0.15, -0.1) is 0 Å². The van der Waals surface area contributed by atoms with E-state index in [2.05, 4.69) is 5.32 Å². The number of nitrogens with two attached hydrogens (primary N) is 1. The Kier molecular flexibility index (Phi) is 6.80. The fraction of sp³-hybridized carbons (Fsp3) is 0.263. The van der Waals surface area contributed by atoms with E-state index >= 15 is 0 Å². The van der Waals surface area contributed by atoms with Gasteiger partial charge in [0.1, 0.15) is 11.6 Å². The van der Waals surface area contributed by atoms with Crippen LogP contribution < -0.4 is 11.1 Å². The van der Waals surface area contributed by atoms with E-state index < -0.39 is 17.5 Å². The number of amides is 2. The standard InChI is InChI=1S/C19H21F2N3O2/c1-13(25)23-18-5-3-14(4-6-18)12-24(8-2-7-22)19(26)15-9-16(20)11-17(21)10-15/h3-6,9-11H,2,7-8,12,22H2,1H3,(H,23,25). The van der Waals surface area contributed by atoms with Gasteiger partial charge in [-0.3, -0.25) is 9.59 Å². The van der Waals surface area contributed by atoms with Gasteiger partial charge in [-0.05, 0) is 42.8 Å². The molecule has 0 aliphatic rings. The van der Waals surface area contributed by atoms with Crippen LogP contribution >= 0.6 is 0 Å². The first kappa shape index (κ1) is 19.5. The van der Waals surface area contributed by atoms with E-state index in [0.29, 0.717) is 25.2 Å². The number of anilines is 1. The Labute approximate surface area is 150 Å². The zero-order chi connectivity index (χ0) is 19.1. The molecule has 138 valence electrons. The van der Waals surface area contributed by atoms with Crippen molar-refractivity contribution in [3.8, 4) is 0 Å². The number of benzene rings is 2. The van der Waals surface area contributed by atoms with Gasteiger partial charge in [0.15, 0.2) is 0 Å². The van der Waals surface area contributed by atoms with Crippen molar-refractivity contribution in [3.63, 3.8) is 0 Å². The van der Waals surface area contributed by atoms with E-state index in [-0.39, 0.29) is 18.0 Å². The summed E-state index contributed by atoms with van der Waals surface area (Å²) in [5.74, 6) is -2.24. The van der Waals surface area contributed by atoms with Crippen molar-refractivity contribution in [3.05, 3.63) is 65.2 Å². The third kappa shape index (κ3) is 5.63. The minimum atomic E-state index is -0.799. The van der Waals surface area contributed by atoms with Crippen LogP contribution in [0.1, 0.15) is 29.3 Å². The number of carbonyl (C=O) groups is 2. The first-order chi connectivity index (χ1) is 12.4. The Bertz CT molecular complexity index is 759. The van der Waals surface area contributed by atoms with E-state index in [0.717, 1.165) is 23.8 Å². The normalized spacial score (nSPS) is 10.5. The summed E-state index contributed by atoms with van der Waals surface area (Å²) in [5, 5.41) is 2.66. The number of nitrogens with zero attached hydrogens (tertiary/aromatic N) is 1. The third-order valence-electron chi connectivity index (χ3n) is 3.68. The van der Waals surface area contributed by atoms with Crippen molar-refractivity contribution in [2.45, 2.75) is 19.9 Å². The molecule has 5 nitrogen and oxygen atoms in total. The van der Waals surface area contributed by atoms with Crippen LogP contribution in [-0.4, -0.2) is 29.8 Å². The van der Waals surface area contributed by atoms with Crippen LogP contribution in [0, 0.1) is 11.6 Å². The predicted octanol–water partition coefficient (Wildman–Crippen LogP) is 2.91. The van der Waals surface area contributed by atoms with Gasteiger partial charge in [0.25, 0.3) is 5.91 Å². The molecule has 3 N–H and O–H groups in total. The fourth-order valence-electron chi connectivity index (χ4n) is 2.51. The van der Waals surface area contributed by atoms with Crippen LogP contribution in [0.15, 0.2) is 42.5 Å². The van der Waals surface area contributed by atoms with Gasteiger partial charge in [0, 0.05) is 37.3 Å². The maximum Gasteiger partial charge on any atom is 0.254 e. The van der Waals surface area contributed by atoms with E-state index in [4.69, 9.17) is 5.73 Å². The minimum Gasteiger partial charge on any atom is -0.334 e. The average molecular weight is 361 g/mol. The smallest absolute Gasteiger partial charge is 0.254 e. The van der Waals surface area contributed by atoms with Crippen LogP contribution in [0.25, 0.3) is 0 Å². The topological polar surface area (TPSA) is 75.4 Å². The van der Waals surface area contributed by atoms with Gasteiger partial charge in [0.2, 0.25) is 5.91 Å². The molecule has 2 aromatic rings. The highest BCUT2D eigenvalue weighted by atomic mass is 19.1. The van der Waals surface area contributed by atoms with Crippen molar-refractivity contribution in [1.82, 2.24) is 4.90 Å². The van der Waals surface area contributed by atoms with E-state index in [9.17, 15) is 18.4 Å². The summed E-state index contributed by atoms with van der Waals surface area (Å²) in [6.45, 7) is 2.43. The van der Waals surface area contributed by atoms with Crippen LogP contribution in [0.5, 0.6) is 0 Å². The van der Waals surface area contributed by atoms with E-state index in [1.807, 2.05) is 0 Å². The second-order valence-electron chi connectivity index (χ2n) is 5.91. The lowest BCUT2D eigenvalue weighted by Gasteiger charge is -2.23. The quantitative estimate of drug-likeness (QED) is 0.796. The number of halogens is 2. The van der Waals surface area contributed by atoms with Gasteiger partial charge in [-0.1, -0.05) is 12.1 Å². The highest BCUT2D eigenvalue weighted by Gasteiger charge is 2.17. The minimum absolute atomic E-state index is 0.0469. The van der Waals surface area contributed by atoms with Crippen LogP contribution in [0.2, 0.25) is 0 Å². The summed E-state index contributed by atoms with van der Waals surface area (Å²) in [6.07, 6.45) is 0.563. The number of rotatable bonds is 7. The number of carbonyl (C=O) groups excluding carboxylic acids is 2. The molecule has 0 heterocycles. The van der Waals surface area contributed by atoms with Gasteiger partial charge in [-0.2, -0.15) is 0 Å². The Morgan fingerprint density at radius 1 is 1.08 bits per heavy atom. The zero-order valence-corrected chi connectivity index (χ0v) is 14.5. The molecule has 26 heavy (non-hydrogen) atoms. The Morgan fingerprint density at radius 3 is 2.23 bits per heavy atom. The molecule has 2 aromatic carbocycles. The number of hydrogen-bond acceptors (Lipinski definition) is 3. The molecule has 2 rings (SSSR count). The molecule has 0 spiro atoms. The van der Waals surface area contributed by atoms with Gasteiger partial charge < -0.3 is 16.0 Å². The first-order valence-corrected chi connectivity index (χ1v) is 8.21. The Hall–Kier alpha value is -2.80. The molecule has 0 aliphatic carbocycles. The predicted molar refractivity (Wildman–Crippen MR) is 95.5 cm³/mol. The van der Waals surface area contributed by atoms with Crippen LogP contribution in [0.3, 0.4) is 0 Å². The fourth-order valence-corrected chi connectivity index (χ4v) is 2.51. The molecule has 0 atom stereocenters. The van der Waals surface area contributed by atoms with Crippen molar-refractivity contribution >= 4 is 17.5 Å². The lowest BCUT2D eigenvalue weighted by atomic mass is 10.1. The van der Waals surface area contributed by atoms with Crippen LogP contribution in [0.4, 0.5) is 14.5 Å². The molecule has 0 fully saturated rings. The van der Waals surface area contributed by atoms with E-state index in [1.54, 1.807) is 24.3 Å². The van der Waals surface area contributed by atoms with Gasteiger partial charge in [-0.25, -0.2) is 8.78 Å². The van der Waals surface area contributed by atoms with Crippen LogP contribution in [-0.2, 0) is 11.3 Å². The first-order valence-electron chi connectivity index (χ1n) is 8.21. The summed E-state index contributed by atoms with van der Waals surface area (Å²) in [4.78, 5) is 25.2. The number of nitrogens with one attached hydrogen (secondary N) is 1. The Balaban J connectivity index is 2.18. The van der Waals surface area contributed by atoms with Crippen molar-refractivity contribution in [1.29, 1.82) is 0 Å². The summed E-state index contributed by atoms with van der Waals surface area (Å²) >= 11 is 0. The molecule has 0 aromatic heterocycles. The molecule has 0 unspecified atom stereocenters. The maximum atomic E-state index is 13.4. The van der Waals surface area contributed by atoms with E-state index in [1.165, 1.54) is 11.8 Å². The average Bonchev–Trinajstić information content (AvgIpc) is 2.58. The summed E-state index contributed by atoms with van der Waals surface area (Å²) in [5.41, 5.74) is 6.95. The van der Waals surface area contributed by atoms with Crippen molar-refractivity contribution in [2.24, 2.45) is 5.73 Å². The van der Waals surface area contributed by atoms with Gasteiger partial charge in [0.05, 0.1) is 0 Å². The molecular weight excluding hydrogens is 340 g/mol. The third-order valence-corrected chi connectivity index (χ3v) is 3.68. The number of hydrogen-bond donors (Lipinski definition) is 2. The van der Waals surface area contributed by atoms with Crippen molar-refractivity contribution in [2.75, 3.05) is 18.4 Å². The second-order valence-corrected chi connectivity index (χ2v) is 5.91. The molecule has 0 radical (unpaired) electrons. The largest absolute Gasteiger partial charge is 0.334 e. The molecular formula is C19H21F2N3O2. The Morgan fingerprint density at radius 2 is 1.69 bits per heavy atom. The molecule has 0 saturated heterocycles. The molecule has 0 aliphatic heterocycles. The molecule has 7 heteroatoms. The molecule has 0 saturated carbocycles. The second kappa shape index (κ2) is 9.05. The molecule has 0 bridgehead atoms. The monoisotopic (exact) mass is 361 g/mol. The highest BCUT2D eigenvalue weighted by Crippen LogP contribution is 2.16. The lowest BCUT2D eigenvalue weighted by molar-refractivity contribution is -0.114. The summed E-state index contributed by atoms with van der Waals surface area (Å²) in [6, 6.07) is 9.76.